The number of rotatable bonds is 4. The zero-order valence-electron chi connectivity index (χ0n) is 11.0. The lowest BCUT2D eigenvalue weighted by Crippen LogP contribution is -2.34. The van der Waals surface area contributed by atoms with Crippen molar-refractivity contribution in [1.29, 1.82) is 0 Å². The van der Waals surface area contributed by atoms with Crippen molar-refractivity contribution in [2.75, 3.05) is 25.0 Å². The summed E-state index contributed by atoms with van der Waals surface area (Å²) in [6.07, 6.45) is 2.16. The second kappa shape index (κ2) is 7.03. The first-order valence-corrected chi connectivity index (χ1v) is 7.33. The third-order valence-electron chi connectivity index (χ3n) is 3.19. The number of piperidine rings is 1. The van der Waals surface area contributed by atoms with Crippen LogP contribution in [0, 0.1) is 6.92 Å². The van der Waals surface area contributed by atoms with Crippen LogP contribution in [0.1, 0.15) is 18.4 Å². The van der Waals surface area contributed by atoms with Gasteiger partial charge in [0.15, 0.2) is 0 Å². The fourth-order valence-electron chi connectivity index (χ4n) is 2.02. The molecule has 0 bridgehead atoms. The van der Waals surface area contributed by atoms with Gasteiger partial charge in [0.1, 0.15) is 6.61 Å². The number of ether oxygens (including phenoxy) is 1. The molecule has 0 aromatic heterocycles. The van der Waals surface area contributed by atoms with E-state index in [1.54, 1.807) is 0 Å². The average Bonchev–Trinajstić information content (AvgIpc) is 2.42. The number of amides is 1. The molecule has 1 aliphatic rings. The van der Waals surface area contributed by atoms with Crippen molar-refractivity contribution in [2.45, 2.75) is 25.9 Å². The highest BCUT2D eigenvalue weighted by atomic mass is 79.9. The molecule has 1 fully saturated rings. The minimum atomic E-state index is -0.103. The Morgan fingerprint density at radius 3 is 2.89 bits per heavy atom. The summed E-state index contributed by atoms with van der Waals surface area (Å²) >= 11 is 3.45. The van der Waals surface area contributed by atoms with E-state index in [1.165, 1.54) is 0 Å². The molecule has 5 heteroatoms. The molecule has 0 unspecified atom stereocenters. The number of halogens is 1. The number of nitrogens with one attached hydrogen (secondary N) is 2. The quantitative estimate of drug-likeness (QED) is 0.893. The van der Waals surface area contributed by atoms with E-state index in [2.05, 4.69) is 26.6 Å². The highest BCUT2D eigenvalue weighted by Gasteiger charge is 2.14. The van der Waals surface area contributed by atoms with Gasteiger partial charge in [-0.2, -0.15) is 0 Å². The van der Waals surface area contributed by atoms with Crippen molar-refractivity contribution in [3.05, 3.63) is 28.2 Å². The van der Waals surface area contributed by atoms with Crippen LogP contribution in [-0.2, 0) is 9.53 Å². The molecule has 0 saturated carbocycles. The first-order valence-electron chi connectivity index (χ1n) is 6.53. The first kappa shape index (κ1) is 14.5. The van der Waals surface area contributed by atoms with Gasteiger partial charge in [-0.3, -0.25) is 4.79 Å². The Labute approximate surface area is 122 Å². The molecule has 1 amide bonds. The normalized spacial score (nSPS) is 16.3. The molecule has 1 heterocycles. The Hall–Kier alpha value is -0.910. The van der Waals surface area contributed by atoms with Crippen LogP contribution in [0.15, 0.2) is 22.7 Å². The van der Waals surface area contributed by atoms with E-state index >= 15 is 0 Å². The van der Waals surface area contributed by atoms with Gasteiger partial charge in [0.25, 0.3) is 0 Å². The Bertz CT molecular complexity index is 445. The van der Waals surface area contributed by atoms with Crippen LogP contribution in [0.25, 0.3) is 0 Å². The zero-order chi connectivity index (χ0) is 13.7. The van der Waals surface area contributed by atoms with Gasteiger partial charge in [-0.25, -0.2) is 0 Å². The van der Waals surface area contributed by atoms with E-state index in [0.29, 0.717) is 0 Å². The van der Waals surface area contributed by atoms with Gasteiger partial charge in [-0.05, 0) is 50.6 Å². The molecule has 1 aliphatic heterocycles. The average molecular weight is 327 g/mol. The number of hydrogen-bond acceptors (Lipinski definition) is 3. The Kier molecular flexibility index (Phi) is 5.36. The topological polar surface area (TPSA) is 50.4 Å². The maximum Gasteiger partial charge on any atom is 0.250 e. The van der Waals surface area contributed by atoms with Crippen LogP contribution in [0.2, 0.25) is 0 Å². The second-order valence-corrected chi connectivity index (χ2v) is 5.63. The maximum absolute atomic E-state index is 11.8. The monoisotopic (exact) mass is 326 g/mol. The van der Waals surface area contributed by atoms with Gasteiger partial charge in [0.05, 0.1) is 6.10 Å². The summed E-state index contributed by atoms with van der Waals surface area (Å²) in [4.78, 5) is 11.8. The summed E-state index contributed by atoms with van der Waals surface area (Å²) in [6, 6.07) is 5.76. The van der Waals surface area contributed by atoms with Crippen molar-refractivity contribution in [3.63, 3.8) is 0 Å². The van der Waals surface area contributed by atoms with Crippen LogP contribution < -0.4 is 10.6 Å². The predicted octanol–water partition coefficient (Wildman–Crippen LogP) is 2.46. The lowest BCUT2D eigenvalue weighted by Gasteiger charge is -2.22. The first-order chi connectivity index (χ1) is 9.15. The zero-order valence-corrected chi connectivity index (χ0v) is 12.6. The van der Waals surface area contributed by atoms with Gasteiger partial charge >= 0.3 is 0 Å². The molecule has 0 aliphatic carbocycles. The van der Waals surface area contributed by atoms with E-state index in [1.807, 2.05) is 25.1 Å². The summed E-state index contributed by atoms with van der Waals surface area (Å²) in [5.74, 6) is -0.103. The Balaban J connectivity index is 1.78. The van der Waals surface area contributed by atoms with Gasteiger partial charge in [-0.1, -0.05) is 22.0 Å². The largest absolute Gasteiger partial charge is 0.368 e. The molecule has 1 saturated heterocycles. The number of hydrogen-bond donors (Lipinski definition) is 2. The van der Waals surface area contributed by atoms with Crippen LogP contribution in [0.5, 0.6) is 0 Å². The van der Waals surface area contributed by atoms with E-state index in [0.717, 1.165) is 41.7 Å². The van der Waals surface area contributed by atoms with Crippen LogP contribution in [-0.4, -0.2) is 31.7 Å². The second-order valence-electron chi connectivity index (χ2n) is 4.77. The van der Waals surface area contributed by atoms with E-state index < -0.39 is 0 Å². The number of benzene rings is 1. The van der Waals surface area contributed by atoms with Crippen LogP contribution in [0.4, 0.5) is 5.69 Å². The Morgan fingerprint density at radius 2 is 2.21 bits per heavy atom. The van der Waals surface area contributed by atoms with E-state index in [9.17, 15) is 4.79 Å². The molecular formula is C14H19BrN2O2. The van der Waals surface area contributed by atoms with Crippen LogP contribution in [0.3, 0.4) is 0 Å². The molecule has 4 nitrogen and oxygen atoms in total. The third kappa shape index (κ3) is 4.60. The molecule has 2 rings (SSSR count). The number of aryl methyl sites for hydroxylation is 1. The van der Waals surface area contributed by atoms with Gasteiger partial charge in [-0.15, -0.1) is 0 Å². The molecule has 1 aromatic carbocycles. The fourth-order valence-corrected chi connectivity index (χ4v) is 2.40. The van der Waals surface area contributed by atoms with E-state index in [4.69, 9.17) is 4.74 Å². The molecule has 2 N–H and O–H groups in total. The van der Waals surface area contributed by atoms with Crippen molar-refractivity contribution >= 4 is 27.5 Å². The van der Waals surface area contributed by atoms with Gasteiger partial charge < -0.3 is 15.4 Å². The standard InChI is InChI=1S/C14H19BrN2O2/c1-10-2-3-11(8-13(10)15)17-14(18)9-19-12-4-6-16-7-5-12/h2-3,8,12,16H,4-7,9H2,1H3,(H,17,18). The summed E-state index contributed by atoms with van der Waals surface area (Å²) in [5, 5.41) is 6.11. The third-order valence-corrected chi connectivity index (χ3v) is 4.05. The Morgan fingerprint density at radius 1 is 1.47 bits per heavy atom. The lowest BCUT2D eigenvalue weighted by atomic mass is 10.1. The molecule has 104 valence electrons. The number of carbonyl (C=O) groups excluding carboxylic acids is 1. The molecule has 1 aromatic rings. The van der Waals surface area contributed by atoms with Gasteiger partial charge in [0.2, 0.25) is 5.91 Å². The fraction of sp³-hybridized carbons (Fsp3) is 0.500. The highest BCUT2D eigenvalue weighted by molar-refractivity contribution is 9.10. The smallest absolute Gasteiger partial charge is 0.250 e. The molecular weight excluding hydrogens is 308 g/mol. The summed E-state index contributed by atoms with van der Waals surface area (Å²) < 4.78 is 6.60. The van der Waals surface area contributed by atoms with Crippen molar-refractivity contribution in [3.8, 4) is 0 Å². The molecule has 0 radical (unpaired) electrons. The molecule has 19 heavy (non-hydrogen) atoms. The summed E-state index contributed by atoms with van der Waals surface area (Å²) in [7, 11) is 0. The van der Waals surface area contributed by atoms with Crippen molar-refractivity contribution < 1.29 is 9.53 Å². The minimum absolute atomic E-state index is 0.103. The number of carbonyl (C=O) groups is 1. The van der Waals surface area contributed by atoms with Gasteiger partial charge in [0, 0.05) is 10.2 Å². The lowest BCUT2D eigenvalue weighted by molar-refractivity contribution is -0.123. The maximum atomic E-state index is 11.8. The highest BCUT2D eigenvalue weighted by Crippen LogP contribution is 2.20. The minimum Gasteiger partial charge on any atom is -0.368 e. The molecule has 0 spiro atoms. The van der Waals surface area contributed by atoms with Crippen molar-refractivity contribution in [1.82, 2.24) is 5.32 Å². The predicted molar refractivity (Wildman–Crippen MR) is 79.4 cm³/mol. The summed E-state index contributed by atoms with van der Waals surface area (Å²) in [5.41, 5.74) is 1.93. The SMILES string of the molecule is Cc1ccc(NC(=O)COC2CCNCC2)cc1Br. The molecule has 0 atom stereocenters. The van der Waals surface area contributed by atoms with Crippen LogP contribution >= 0.6 is 15.9 Å². The van der Waals surface area contributed by atoms with Crippen molar-refractivity contribution in [2.24, 2.45) is 0 Å². The summed E-state index contributed by atoms with van der Waals surface area (Å²) in [6.45, 7) is 4.07. The van der Waals surface area contributed by atoms with E-state index in [-0.39, 0.29) is 18.6 Å². The number of anilines is 1.